The monoisotopic (exact) mass is 535 g/mol. The fourth-order valence-corrected chi connectivity index (χ4v) is 6.13. The van der Waals surface area contributed by atoms with Crippen LogP contribution in [0.5, 0.6) is 0 Å². The third-order valence-electron chi connectivity index (χ3n) is 7.41. The van der Waals surface area contributed by atoms with E-state index in [1.54, 1.807) is 9.91 Å². The molecular weight excluding hydrogens is 490 g/mol. The number of hydrogen-bond acceptors (Lipinski definition) is 6. The van der Waals surface area contributed by atoms with Gasteiger partial charge in [-0.15, -0.1) is 11.3 Å². The lowest BCUT2D eigenvalue weighted by molar-refractivity contribution is -0.127. The van der Waals surface area contributed by atoms with Gasteiger partial charge in [-0.25, -0.2) is 19.6 Å². The average Bonchev–Trinajstić information content (AvgIpc) is 3.24. The van der Waals surface area contributed by atoms with Crippen molar-refractivity contribution in [1.29, 1.82) is 0 Å². The molecule has 8 nitrogen and oxygen atoms in total. The number of hydrazine groups is 1. The van der Waals surface area contributed by atoms with E-state index in [-0.39, 0.29) is 34.3 Å². The van der Waals surface area contributed by atoms with Gasteiger partial charge in [0.2, 0.25) is 5.91 Å². The van der Waals surface area contributed by atoms with E-state index in [1.165, 1.54) is 11.3 Å². The number of carboxylic acids is 1. The summed E-state index contributed by atoms with van der Waals surface area (Å²) in [6, 6.07) is 1.88. The highest BCUT2D eigenvalue weighted by Gasteiger charge is 2.38. The highest BCUT2D eigenvalue weighted by atomic mass is 32.1. The minimum Gasteiger partial charge on any atom is -0.477 e. The van der Waals surface area contributed by atoms with Gasteiger partial charge in [0, 0.05) is 37.0 Å². The smallest absolute Gasteiger partial charge is 0.410 e. The SMILES string of the molecule is CC1CCC(C(=O)N(c2cc(C(C)(C)C)sc2C(=O)O)N(C)C2CCN(C(=O)OC(C)(C)C)CC2)CC1. The maximum atomic E-state index is 14.1. The molecule has 0 radical (unpaired) electrons. The van der Waals surface area contributed by atoms with Gasteiger partial charge in [0.25, 0.3) is 0 Å². The standard InChI is InChI=1S/C28H45N3O5S/c1-18-9-11-19(12-10-18)24(32)31(21-17-22(27(2,3)4)37-23(21)25(33)34)29(8)20-13-15-30(16-14-20)26(35)36-28(5,6)7/h17-20H,9-16H2,1-8H3,(H,33,34). The van der Waals surface area contributed by atoms with E-state index in [1.807, 2.05) is 38.9 Å². The van der Waals surface area contributed by atoms with Crippen LogP contribution in [0.25, 0.3) is 0 Å². The van der Waals surface area contributed by atoms with Crippen LogP contribution in [-0.2, 0) is 14.9 Å². The second kappa shape index (κ2) is 11.3. The Morgan fingerprint density at radius 2 is 1.57 bits per heavy atom. The Kier molecular flexibility index (Phi) is 9.00. The molecule has 0 spiro atoms. The molecule has 37 heavy (non-hydrogen) atoms. The lowest BCUT2D eigenvalue weighted by Crippen LogP contribution is -2.55. The van der Waals surface area contributed by atoms with E-state index in [4.69, 9.17) is 4.74 Å². The Morgan fingerprint density at radius 1 is 1.00 bits per heavy atom. The van der Waals surface area contributed by atoms with E-state index in [0.717, 1.165) is 30.6 Å². The Labute approximate surface area is 225 Å². The number of hydrogen-bond donors (Lipinski definition) is 1. The van der Waals surface area contributed by atoms with Crippen molar-refractivity contribution in [1.82, 2.24) is 9.91 Å². The van der Waals surface area contributed by atoms with Gasteiger partial charge < -0.3 is 14.7 Å². The molecule has 2 fully saturated rings. The van der Waals surface area contributed by atoms with E-state index >= 15 is 0 Å². The Balaban J connectivity index is 1.89. The molecule has 2 heterocycles. The van der Waals surface area contributed by atoms with Crippen molar-refractivity contribution in [2.45, 2.75) is 104 Å². The summed E-state index contributed by atoms with van der Waals surface area (Å²) < 4.78 is 5.54. The van der Waals surface area contributed by atoms with Crippen LogP contribution >= 0.6 is 11.3 Å². The molecule has 1 N–H and O–H groups in total. The summed E-state index contributed by atoms with van der Waals surface area (Å²) in [7, 11) is 1.89. The molecule has 3 rings (SSSR count). The quantitative estimate of drug-likeness (QED) is 0.455. The van der Waals surface area contributed by atoms with Crippen LogP contribution in [0.3, 0.4) is 0 Å². The molecule has 1 aliphatic carbocycles. The Hall–Kier alpha value is -2.13. The van der Waals surface area contributed by atoms with E-state index in [0.29, 0.717) is 37.5 Å². The summed E-state index contributed by atoms with van der Waals surface area (Å²) in [5.74, 6) is -0.556. The highest BCUT2D eigenvalue weighted by molar-refractivity contribution is 7.14. The molecule has 0 bridgehead atoms. The zero-order chi connectivity index (χ0) is 27.7. The van der Waals surface area contributed by atoms with Crippen molar-refractivity contribution in [3.63, 3.8) is 0 Å². The maximum absolute atomic E-state index is 14.1. The minimum atomic E-state index is -1.02. The number of ether oxygens (including phenoxy) is 1. The van der Waals surface area contributed by atoms with Gasteiger partial charge >= 0.3 is 12.1 Å². The van der Waals surface area contributed by atoms with Crippen LogP contribution in [-0.4, -0.2) is 64.8 Å². The van der Waals surface area contributed by atoms with Gasteiger partial charge in [0.15, 0.2) is 0 Å². The van der Waals surface area contributed by atoms with E-state index in [2.05, 4.69) is 27.7 Å². The van der Waals surface area contributed by atoms with Crippen LogP contribution in [0.4, 0.5) is 10.5 Å². The summed E-state index contributed by atoms with van der Waals surface area (Å²) in [6.07, 6.45) is 4.66. The van der Waals surface area contributed by atoms with Gasteiger partial charge in [-0.2, -0.15) is 0 Å². The molecule has 0 atom stereocenters. The topological polar surface area (TPSA) is 90.4 Å². The lowest BCUT2D eigenvalue weighted by Gasteiger charge is -2.43. The third-order valence-corrected chi connectivity index (χ3v) is 8.95. The van der Waals surface area contributed by atoms with Gasteiger partial charge in [0.05, 0.1) is 5.69 Å². The number of anilines is 1. The van der Waals surface area contributed by atoms with Crippen LogP contribution in [0, 0.1) is 11.8 Å². The van der Waals surface area contributed by atoms with Gasteiger partial charge in [0.1, 0.15) is 10.5 Å². The first-order chi connectivity index (χ1) is 17.1. The normalized spacial score (nSPS) is 21.7. The molecule has 0 unspecified atom stereocenters. The molecule has 2 amide bonds. The summed E-state index contributed by atoms with van der Waals surface area (Å²) in [4.78, 5) is 41.8. The highest BCUT2D eigenvalue weighted by Crippen LogP contribution is 2.40. The van der Waals surface area contributed by atoms with Crippen molar-refractivity contribution in [3.05, 3.63) is 15.8 Å². The average molecular weight is 536 g/mol. The van der Waals surface area contributed by atoms with Crippen LogP contribution < -0.4 is 5.01 Å². The Bertz CT molecular complexity index is 977. The first-order valence-corrected chi connectivity index (χ1v) is 14.3. The number of rotatable bonds is 5. The third kappa shape index (κ3) is 7.25. The van der Waals surface area contributed by atoms with Gasteiger partial charge in [-0.3, -0.25) is 4.79 Å². The number of aromatic carboxylic acids is 1. The number of amides is 2. The predicted octanol–water partition coefficient (Wildman–Crippen LogP) is 6.15. The second-order valence-corrected chi connectivity index (χ2v) is 13.8. The van der Waals surface area contributed by atoms with Crippen molar-refractivity contribution in [3.8, 4) is 0 Å². The van der Waals surface area contributed by atoms with Crippen LogP contribution in [0.15, 0.2) is 6.07 Å². The number of thiophene rings is 1. The maximum Gasteiger partial charge on any atom is 0.410 e. The fourth-order valence-electron chi connectivity index (χ4n) is 5.10. The fraction of sp³-hybridized carbons (Fsp3) is 0.750. The minimum absolute atomic E-state index is 0.00946. The summed E-state index contributed by atoms with van der Waals surface area (Å²) >= 11 is 1.25. The largest absolute Gasteiger partial charge is 0.477 e. The summed E-state index contributed by atoms with van der Waals surface area (Å²) in [5, 5.41) is 13.7. The van der Waals surface area contributed by atoms with Crippen LogP contribution in [0.1, 0.15) is 102 Å². The number of nitrogens with zero attached hydrogens (tertiary/aromatic N) is 3. The van der Waals surface area contributed by atoms with E-state index in [9.17, 15) is 19.5 Å². The predicted molar refractivity (Wildman–Crippen MR) is 147 cm³/mol. The Morgan fingerprint density at radius 3 is 2.05 bits per heavy atom. The molecule has 1 saturated carbocycles. The number of carbonyl (C=O) groups excluding carboxylic acids is 2. The van der Waals surface area contributed by atoms with Crippen molar-refractivity contribution in [2.75, 3.05) is 25.1 Å². The van der Waals surface area contributed by atoms with Gasteiger partial charge in [-0.05, 0) is 76.7 Å². The first kappa shape index (κ1) is 29.4. The number of likely N-dealkylation sites (tertiary alicyclic amines) is 1. The van der Waals surface area contributed by atoms with E-state index < -0.39 is 11.6 Å². The molecule has 0 aromatic carbocycles. The van der Waals surface area contributed by atoms with Crippen molar-refractivity contribution >= 4 is 35.0 Å². The molecule has 2 aliphatic rings. The number of piperidine rings is 1. The number of carbonyl (C=O) groups is 3. The van der Waals surface area contributed by atoms with Crippen molar-refractivity contribution < 1.29 is 24.2 Å². The summed E-state index contributed by atoms with van der Waals surface area (Å²) in [5.41, 5.74) is -0.329. The van der Waals surface area contributed by atoms with Crippen LogP contribution in [0.2, 0.25) is 0 Å². The molecule has 1 aromatic heterocycles. The first-order valence-electron chi connectivity index (χ1n) is 13.5. The van der Waals surface area contributed by atoms with Gasteiger partial charge in [-0.1, -0.05) is 27.7 Å². The molecule has 1 aromatic rings. The lowest BCUT2D eigenvalue weighted by atomic mass is 9.82. The van der Waals surface area contributed by atoms with Crippen molar-refractivity contribution in [2.24, 2.45) is 11.8 Å². The second-order valence-electron chi connectivity index (χ2n) is 12.8. The molecule has 1 saturated heterocycles. The number of carboxylic acid groups (broad SMARTS) is 1. The zero-order valence-corrected chi connectivity index (χ0v) is 24.6. The zero-order valence-electron chi connectivity index (χ0n) is 23.8. The summed E-state index contributed by atoms with van der Waals surface area (Å²) in [6.45, 7) is 15.0. The molecule has 208 valence electrons. The molecule has 1 aliphatic heterocycles. The molecular formula is C28H45N3O5S. The molecule has 9 heteroatoms.